The summed E-state index contributed by atoms with van der Waals surface area (Å²) in [6.45, 7) is 5.76. The highest BCUT2D eigenvalue weighted by Crippen LogP contribution is 2.24. The summed E-state index contributed by atoms with van der Waals surface area (Å²) in [5.74, 6) is 0.907. The second kappa shape index (κ2) is 8.04. The van der Waals surface area contributed by atoms with E-state index in [-0.39, 0.29) is 10.6 Å². The predicted molar refractivity (Wildman–Crippen MR) is 108 cm³/mol. The molecular formula is C20H21N4O3S+. The molecule has 8 heteroatoms. The molecule has 2 aromatic carbocycles. The van der Waals surface area contributed by atoms with Crippen LogP contribution in [-0.4, -0.2) is 36.2 Å². The highest BCUT2D eigenvalue weighted by Gasteiger charge is 2.27. The van der Waals surface area contributed by atoms with Crippen molar-refractivity contribution in [3.05, 3.63) is 69.8 Å². The highest BCUT2D eigenvalue weighted by molar-refractivity contribution is 7.06. The maximum atomic E-state index is 10.9. The minimum atomic E-state index is -0.377. The number of aryl methyl sites for hydroxylation is 1. The molecule has 0 aliphatic carbocycles. The van der Waals surface area contributed by atoms with E-state index >= 15 is 0 Å². The molecule has 0 N–H and O–H groups in total. The van der Waals surface area contributed by atoms with Gasteiger partial charge in [-0.1, -0.05) is 17.7 Å². The van der Waals surface area contributed by atoms with Crippen molar-refractivity contribution in [2.45, 2.75) is 13.5 Å². The van der Waals surface area contributed by atoms with E-state index in [4.69, 9.17) is 9.72 Å². The first-order valence-electron chi connectivity index (χ1n) is 9.14. The van der Waals surface area contributed by atoms with Crippen LogP contribution in [0.25, 0.3) is 11.4 Å². The van der Waals surface area contributed by atoms with Gasteiger partial charge in [0.25, 0.3) is 5.69 Å². The van der Waals surface area contributed by atoms with Crippen molar-refractivity contribution in [1.82, 2.24) is 4.98 Å². The van der Waals surface area contributed by atoms with Gasteiger partial charge in [0.15, 0.2) is 0 Å². The molecule has 1 aliphatic rings. The van der Waals surface area contributed by atoms with Crippen LogP contribution in [0.2, 0.25) is 0 Å². The van der Waals surface area contributed by atoms with Crippen LogP contribution >= 0.6 is 11.5 Å². The van der Waals surface area contributed by atoms with Crippen molar-refractivity contribution in [3.8, 4) is 11.4 Å². The minimum absolute atomic E-state index is 0.103. The maximum Gasteiger partial charge on any atom is 0.345 e. The van der Waals surface area contributed by atoms with Crippen LogP contribution in [0.5, 0.6) is 0 Å². The monoisotopic (exact) mass is 397 g/mol. The minimum Gasteiger partial charge on any atom is -0.378 e. The van der Waals surface area contributed by atoms with Crippen molar-refractivity contribution in [1.29, 1.82) is 0 Å². The Morgan fingerprint density at radius 3 is 2.46 bits per heavy atom. The van der Waals surface area contributed by atoms with Gasteiger partial charge in [0.05, 0.1) is 23.7 Å². The smallest absolute Gasteiger partial charge is 0.345 e. The topological polar surface area (TPSA) is 72.4 Å². The molecule has 0 spiro atoms. The number of hydrogen-bond donors (Lipinski definition) is 0. The van der Waals surface area contributed by atoms with Crippen LogP contribution in [0, 0.1) is 17.0 Å². The molecule has 4 rings (SSSR count). The molecule has 0 bridgehead atoms. The van der Waals surface area contributed by atoms with Gasteiger partial charge in [-0.25, -0.2) is 0 Å². The molecule has 0 atom stereocenters. The van der Waals surface area contributed by atoms with Gasteiger partial charge in [0, 0.05) is 25.2 Å². The molecule has 0 radical (unpaired) electrons. The molecule has 144 valence electrons. The molecular weight excluding hydrogens is 376 g/mol. The lowest BCUT2D eigenvalue weighted by Gasteiger charge is -2.23. The highest BCUT2D eigenvalue weighted by atomic mass is 32.1. The van der Waals surface area contributed by atoms with Gasteiger partial charge in [-0.2, -0.15) is 3.96 Å². The quantitative estimate of drug-likeness (QED) is 0.376. The van der Waals surface area contributed by atoms with Gasteiger partial charge in [-0.15, -0.1) is 0 Å². The molecule has 28 heavy (non-hydrogen) atoms. The Bertz CT molecular complexity index is 964. The fourth-order valence-electron chi connectivity index (χ4n) is 3.10. The Hall–Kier alpha value is -2.84. The van der Waals surface area contributed by atoms with E-state index in [1.807, 2.05) is 0 Å². The van der Waals surface area contributed by atoms with Crippen molar-refractivity contribution in [3.63, 3.8) is 0 Å². The van der Waals surface area contributed by atoms with Gasteiger partial charge in [-0.3, -0.25) is 10.1 Å². The number of anilines is 1. The summed E-state index contributed by atoms with van der Waals surface area (Å²) in [5.41, 5.74) is 3.37. The molecule has 0 amide bonds. The first-order chi connectivity index (χ1) is 13.6. The van der Waals surface area contributed by atoms with Crippen LogP contribution in [-0.2, 0) is 11.3 Å². The Kier molecular flexibility index (Phi) is 5.31. The number of nitro benzene ring substituents is 1. The number of nitro groups is 1. The third-order valence-corrected chi connectivity index (χ3v) is 5.73. The third-order valence-electron chi connectivity index (χ3n) is 4.69. The standard InChI is InChI=1S/C20H21N4O3S/c1-15-2-6-17(7-3-15)19-21-20(22-10-12-27-13-11-22)28-23(19)14-16-4-8-18(9-5-16)24(25)26/h2-9H,10-14H2,1H3/q+1. The number of hydrogen-bond acceptors (Lipinski definition) is 6. The lowest BCUT2D eigenvalue weighted by atomic mass is 10.1. The zero-order valence-electron chi connectivity index (χ0n) is 15.6. The Morgan fingerprint density at radius 1 is 1.14 bits per heavy atom. The molecule has 0 saturated carbocycles. The van der Waals surface area contributed by atoms with Gasteiger partial charge in [-0.05, 0) is 41.7 Å². The molecule has 0 unspecified atom stereocenters. The summed E-state index contributed by atoms with van der Waals surface area (Å²) in [7, 11) is 0. The van der Waals surface area contributed by atoms with E-state index in [0.717, 1.165) is 35.2 Å². The number of benzene rings is 2. The molecule has 1 aliphatic heterocycles. The fourth-order valence-corrected chi connectivity index (χ4v) is 4.17. The largest absolute Gasteiger partial charge is 0.378 e. The SMILES string of the molecule is Cc1ccc(-c2nc(N3CCOCC3)s[n+]2Cc2ccc([N+](=O)[O-])cc2)cc1. The van der Waals surface area contributed by atoms with Crippen LogP contribution in [0.1, 0.15) is 11.1 Å². The number of aromatic nitrogens is 2. The summed E-state index contributed by atoms with van der Waals surface area (Å²) in [5, 5.41) is 11.9. The van der Waals surface area contributed by atoms with Crippen molar-refractivity contribution < 1.29 is 13.6 Å². The number of rotatable bonds is 5. The third kappa shape index (κ3) is 4.02. The lowest BCUT2D eigenvalue weighted by Crippen LogP contribution is -2.36. The molecule has 3 aromatic rings. The summed E-state index contributed by atoms with van der Waals surface area (Å²) in [6, 6.07) is 15.0. The molecule has 2 heterocycles. The maximum absolute atomic E-state index is 10.9. The van der Waals surface area contributed by atoms with E-state index in [1.54, 1.807) is 35.8 Å². The van der Waals surface area contributed by atoms with Gasteiger partial charge in [0.2, 0.25) is 0 Å². The van der Waals surface area contributed by atoms with Gasteiger partial charge >= 0.3 is 11.0 Å². The van der Waals surface area contributed by atoms with Crippen molar-refractivity contribution >= 4 is 22.4 Å². The average Bonchev–Trinajstić information content (AvgIpc) is 3.13. The average molecular weight is 397 g/mol. The van der Waals surface area contributed by atoms with Crippen molar-refractivity contribution in [2.75, 3.05) is 31.2 Å². The van der Waals surface area contributed by atoms with E-state index in [9.17, 15) is 10.1 Å². The zero-order valence-corrected chi connectivity index (χ0v) is 16.4. The summed E-state index contributed by atoms with van der Waals surface area (Å²) >= 11 is 1.61. The molecule has 1 aromatic heterocycles. The molecule has 1 saturated heterocycles. The van der Waals surface area contributed by atoms with Gasteiger partial charge < -0.3 is 9.64 Å². The van der Waals surface area contributed by atoms with E-state index in [2.05, 4.69) is 40.0 Å². The van der Waals surface area contributed by atoms with Crippen LogP contribution in [0.3, 0.4) is 0 Å². The summed E-state index contributed by atoms with van der Waals surface area (Å²) in [4.78, 5) is 17.7. The van der Waals surface area contributed by atoms with Gasteiger partial charge in [0.1, 0.15) is 18.1 Å². The van der Waals surface area contributed by atoms with E-state index in [0.29, 0.717) is 19.8 Å². The Balaban J connectivity index is 1.68. The predicted octanol–water partition coefficient (Wildman–Crippen LogP) is 3.20. The number of morpholine rings is 1. The summed E-state index contributed by atoms with van der Waals surface area (Å²) < 4.78 is 7.60. The first kappa shape index (κ1) is 18.5. The van der Waals surface area contributed by atoms with E-state index < -0.39 is 0 Å². The number of ether oxygens (including phenoxy) is 1. The Labute approximate surface area is 167 Å². The zero-order chi connectivity index (χ0) is 19.5. The van der Waals surface area contributed by atoms with Crippen LogP contribution in [0.15, 0.2) is 48.5 Å². The Morgan fingerprint density at radius 2 is 1.82 bits per heavy atom. The second-order valence-corrected chi connectivity index (χ2v) is 7.72. The number of non-ortho nitro benzene ring substituents is 1. The second-order valence-electron chi connectivity index (χ2n) is 6.73. The van der Waals surface area contributed by atoms with Crippen molar-refractivity contribution in [2.24, 2.45) is 0 Å². The van der Waals surface area contributed by atoms with Crippen LogP contribution in [0.4, 0.5) is 10.8 Å². The molecule has 7 nitrogen and oxygen atoms in total. The number of nitrogens with zero attached hydrogens (tertiary/aromatic N) is 4. The molecule has 1 fully saturated rings. The normalized spacial score (nSPS) is 14.2. The first-order valence-corrected chi connectivity index (χ1v) is 9.92. The summed E-state index contributed by atoms with van der Waals surface area (Å²) in [6.07, 6.45) is 0. The van der Waals surface area contributed by atoms with E-state index in [1.165, 1.54) is 5.56 Å². The fraction of sp³-hybridized carbons (Fsp3) is 0.300. The lowest BCUT2D eigenvalue weighted by molar-refractivity contribution is -0.610. The van der Waals surface area contributed by atoms with Crippen LogP contribution < -0.4 is 8.86 Å².